The molecule has 0 spiro atoms. The first-order chi connectivity index (χ1) is 16.8. The van der Waals surface area contributed by atoms with Gasteiger partial charge in [-0.2, -0.15) is 4.39 Å². The van der Waals surface area contributed by atoms with E-state index in [0.717, 1.165) is 6.08 Å². The number of rotatable bonds is 6. The molecule has 9 heteroatoms. The van der Waals surface area contributed by atoms with Crippen molar-refractivity contribution < 1.29 is 42.5 Å². The van der Waals surface area contributed by atoms with Crippen LogP contribution in [0.5, 0.6) is 0 Å². The number of carbonyl (C=O) groups excluding carboxylic acids is 4. The number of fused-ring (bicyclic) bond motifs is 5. The number of allylic oxidation sites excluding steroid dienone is 4. The van der Waals surface area contributed by atoms with E-state index in [4.69, 9.17) is 9.47 Å². The highest BCUT2D eigenvalue weighted by molar-refractivity contribution is 6.04. The molecule has 0 aromatic heterocycles. The molecule has 1 unspecified atom stereocenters. The molecule has 0 heterocycles. The van der Waals surface area contributed by atoms with Crippen molar-refractivity contribution in [2.45, 2.75) is 84.3 Å². The van der Waals surface area contributed by atoms with Gasteiger partial charge in [-0.3, -0.25) is 19.2 Å². The van der Waals surface area contributed by atoms with E-state index in [1.54, 1.807) is 6.92 Å². The van der Waals surface area contributed by atoms with Crippen LogP contribution in [-0.4, -0.2) is 46.9 Å². The van der Waals surface area contributed by atoms with E-state index < -0.39 is 70.2 Å². The number of carbonyl (C=O) groups is 4. The minimum atomic E-state index is -1.61. The van der Waals surface area contributed by atoms with Crippen molar-refractivity contribution in [3.05, 3.63) is 23.3 Å². The lowest BCUT2D eigenvalue weighted by atomic mass is 9.46. The molecule has 3 fully saturated rings. The van der Waals surface area contributed by atoms with Gasteiger partial charge in [-0.1, -0.05) is 19.4 Å². The highest BCUT2D eigenvalue weighted by atomic mass is 19.2. The van der Waals surface area contributed by atoms with Gasteiger partial charge in [-0.15, -0.1) is 0 Å². The molecule has 0 saturated heterocycles. The van der Waals surface area contributed by atoms with Crippen LogP contribution in [0, 0.1) is 28.6 Å². The number of ether oxygens (including phenoxy) is 2. The predicted molar refractivity (Wildman–Crippen MR) is 123 cm³/mol. The topological polar surface area (TPSA) is 107 Å². The largest absolute Gasteiger partial charge is 0.457 e. The second-order valence-electron chi connectivity index (χ2n) is 11.2. The Morgan fingerprint density at radius 1 is 1.19 bits per heavy atom. The minimum Gasteiger partial charge on any atom is -0.457 e. The number of hydrogen-bond donors (Lipinski definition) is 1. The van der Waals surface area contributed by atoms with Crippen LogP contribution < -0.4 is 0 Å². The zero-order valence-electron chi connectivity index (χ0n) is 21.2. The summed E-state index contributed by atoms with van der Waals surface area (Å²) < 4.78 is 40.8. The van der Waals surface area contributed by atoms with E-state index in [0.29, 0.717) is 31.3 Å². The molecule has 36 heavy (non-hydrogen) atoms. The number of aliphatic hydroxyl groups is 1. The van der Waals surface area contributed by atoms with Crippen molar-refractivity contribution in [1.29, 1.82) is 0 Å². The van der Waals surface area contributed by atoms with Crippen LogP contribution in [-0.2, 0) is 28.7 Å². The van der Waals surface area contributed by atoms with E-state index in [9.17, 15) is 28.7 Å². The third-order valence-corrected chi connectivity index (χ3v) is 9.41. The zero-order chi connectivity index (χ0) is 26.6. The molecule has 4 aliphatic carbocycles. The summed E-state index contributed by atoms with van der Waals surface area (Å²) in [6, 6.07) is 0. The predicted octanol–water partition coefficient (Wildman–Crippen LogP) is 4.07. The van der Waals surface area contributed by atoms with E-state index in [-0.39, 0.29) is 31.1 Å². The number of aliphatic hydroxyl groups excluding tert-OH is 1. The second-order valence-corrected chi connectivity index (χ2v) is 11.2. The second kappa shape index (κ2) is 9.15. The molecule has 0 aromatic rings. The van der Waals surface area contributed by atoms with E-state index >= 15 is 4.39 Å². The highest BCUT2D eigenvalue weighted by Gasteiger charge is 2.71. The first-order valence-electron chi connectivity index (χ1n) is 12.7. The Labute approximate surface area is 209 Å². The van der Waals surface area contributed by atoms with E-state index in [2.05, 4.69) is 0 Å². The van der Waals surface area contributed by atoms with Gasteiger partial charge in [0.15, 0.2) is 12.2 Å². The van der Waals surface area contributed by atoms with Crippen LogP contribution in [0.2, 0.25) is 0 Å². The van der Waals surface area contributed by atoms with E-state index in [1.807, 2.05) is 6.92 Å². The zero-order valence-corrected chi connectivity index (χ0v) is 21.2. The maximum absolute atomic E-state index is 15.4. The Morgan fingerprint density at radius 2 is 1.89 bits per heavy atom. The summed E-state index contributed by atoms with van der Waals surface area (Å²) in [4.78, 5) is 49.6. The van der Waals surface area contributed by atoms with Crippen molar-refractivity contribution >= 4 is 23.5 Å². The standard InChI is InChI=1S/C27H34F2O7/c1-5-6-21(34)35-13-20(33)27(36-14(2)30)10-9-17-16-8-7-15-11-18(31)23(28)24(29)26(15,4)22(16)19(32)12-25(17,27)3/h11,16-17,19,22,32H,5-10,12-13H2,1-4H3/t16-,17-,19?,22+,25-,26-,27-/m0/s1. The lowest BCUT2D eigenvalue weighted by Gasteiger charge is -2.60. The van der Waals surface area contributed by atoms with Gasteiger partial charge in [0.1, 0.15) is 5.83 Å². The Hall–Kier alpha value is -2.42. The molecule has 0 radical (unpaired) electrons. The maximum Gasteiger partial charge on any atom is 0.306 e. The van der Waals surface area contributed by atoms with Gasteiger partial charge < -0.3 is 14.6 Å². The molecule has 4 aliphatic rings. The van der Waals surface area contributed by atoms with Gasteiger partial charge in [0, 0.05) is 30.1 Å². The molecule has 198 valence electrons. The first kappa shape index (κ1) is 26.6. The van der Waals surface area contributed by atoms with Gasteiger partial charge >= 0.3 is 11.9 Å². The lowest BCUT2D eigenvalue weighted by molar-refractivity contribution is -0.200. The summed E-state index contributed by atoms with van der Waals surface area (Å²) in [7, 11) is 0. The fourth-order valence-electron chi connectivity index (χ4n) is 7.89. The van der Waals surface area contributed by atoms with E-state index in [1.165, 1.54) is 13.8 Å². The van der Waals surface area contributed by atoms with Crippen LogP contribution in [0.1, 0.15) is 72.6 Å². The summed E-state index contributed by atoms with van der Waals surface area (Å²) in [5.41, 5.74) is -3.61. The van der Waals surface area contributed by atoms with Gasteiger partial charge in [-0.25, -0.2) is 4.39 Å². The Bertz CT molecular complexity index is 1060. The summed E-state index contributed by atoms with van der Waals surface area (Å²) in [6.45, 7) is 5.80. The Morgan fingerprint density at radius 3 is 2.53 bits per heavy atom. The SMILES string of the molecule is CCCC(=O)OCC(=O)[C@@]1(OC(C)=O)CC[C@H]2[C@@H]3CCC4=CC(=O)C(F)=C(F)[C@]4(C)[C@H]3C(O)C[C@@]21C. The smallest absolute Gasteiger partial charge is 0.306 e. The number of esters is 2. The fourth-order valence-corrected chi connectivity index (χ4v) is 7.89. The molecule has 1 N–H and O–H groups in total. The molecular formula is C27H34F2O7. The number of ketones is 2. The average molecular weight is 509 g/mol. The van der Waals surface area contributed by atoms with Crippen molar-refractivity contribution in [2.75, 3.05) is 6.61 Å². The number of hydrogen-bond acceptors (Lipinski definition) is 7. The van der Waals surface area contributed by atoms with Crippen LogP contribution >= 0.6 is 0 Å². The van der Waals surface area contributed by atoms with Crippen LogP contribution in [0.15, 0.2) is 23.3 Å². The summed E-state index contributed by atoms with van der Waals surface area (Å²) in [5, 5.41) is 11.5. The van der Waals surface area contributed by atoms with Crippen molar-refractivity contribution in [3.63, 3.8) is 0 Å². The van der Waals surface area contributed by atoms with Crippen molar-refractivity contribution in [2.24, 2.45) is 28.6 Å². The molecule has 3 saturated carbocycles. The molecule has 0 bridgehead atoms. The molecule has 0 amide bonds. The molecule has 0 aromatic carbocycles. The van der Waals surface area contributed by atoms with Crippen LogP contribution in [0.25, 0.3) is 0 Å². The maximum atomic E-state index is 15.4. The van der Waals surface area contributed by atoms with Gasteiger partial charge in [-0.05, 0) is 63.4 Å². The Balaban J connectivity index is 1.72. The van der Waals surface area contributed by atoms with Gasteiger partial charge in [0.05, 0.1) is 6.10 Å². The normalized spacial score (nSPS) is 39.5. The molecular weight excluding hydrogens is 474 g/mol. The van der Waals surface area contributed by atoms with Gasteiger partial charge in [0.2, 0.25) is 17.4 Å². The average Bonchev–Trinajstić information content (AvgIpc) is 3.09. The summed E-state index contributed by atoms with van der Waals surface area (Å²) in [5.74, 6) is -6.55. The minimum absolute atomic E-state index is 0.00642. The number of halogens is 2. The Kier molecular flexibility index (Phi) is 6.77. The lowest BCUT2D eigenvalue weighted by Crippen LogP contribution is -2.63. The summed E-state index contributed by atoms with van der Waals surface area (Å²) >= 11 is 0. The highest BCUT2D eigenvalue weighted by Crippen LogP contribution is 2.69. The molecule has 7 nitrogen and oxygen atoms in total. The van der Waals surface area contributed by atoms with Crippen molar-refractivity contribution in [3.8, 4) is 0 Å². The quantitative estimate of drug-likeness (QED) is 0.539. The molecule has 4 rings (SSSR count). The van der Waals surface area contributed by atoms with Gasteiger partial charge in [0.25, 0.3) is 0 Å². The van der Waals surface area contributed by atoms with Crippen LogP contribution in [0.4, 0.5) is 8.78 Å². The third-order valence-electron chi connectivity index (χ3n) is 9.41. The third kappa shape index (κ3) is 3.68. The molecule has 7 atom stereocenters. The fraction of sp³-hybridized carbons (Fsp3) is 0.704. The first-order valence-corrected chi connectivity index (χ1v) is 12.7. The summed E-state index contributed by atoms with van der Waals surface area (Å²) in [6.07, 6.45) is 2.24. The monoisotopic (exact) mass is 508 g/mol. The van der Waals surface area contributed by atoms with Crippen LogP contribution in [0.3, 0.4) is 0 Å². The number of Topliss-reactive ketones (excluding diaryl/α,β-unsaturated/α-hetero) is 1. The van der Waals surface area contributed by atoms with Crippen molar-refractivity contribution in [1.82, 2.24) is 0 Å². The molecule has 0 aliphatic heterocycles.